The van der Waals surface area contributed by atoms with Gasteiger partial charge >= 0.3 is 0 Å². The lowest BCUT2D eigenvalue weighted by Gasteiger charge is -2.20. The zero-order chi connectivity index (χ0) is 25.9. The SMILES string of the molecule is O=C1C=CC=C/C1=C/Nc1ccc2ccccc2c1-c1c(N/C=C2/C=CC=CC2=O)ccc2ccccc12. The Morgan fingerprint density at radius 3 is 1.34 bits per heavy atom. The summed E-state index contributed by atoms with van der Waals surface area (Å²) in [6.07, 6.45) is 17.4. The van der Waals surface area contributed by atoms with Crippen molar-refractivity contribution in [3.05, 3.63) is 145 Å². The number of carbonyl (C=O) groups is 2. The van der Waals surface area contributed by atoms with Gasteiger partial charge in [0.05, 0.1) is 0 Å². The molecule has 0 bridgehead atoms. The summed E-state index contributed by atoms with van der Waals surface area (Å²) in [4.78, 5) is 24.7. The fourth-order valence-electron chi connectivity index (χ4n) is 4.83. The van der Waals surface area contributed by atoms with Crippen molar-refractivity contribution in [2.24, 2.45) is 0 Å². The lowest BCUT2D eigenvalue weighted by atomic mass is 9.91. The molecule has 0 atom stereocenters. The molecule has 0 spiro atoms. The maximum Gasteiger partial charge on any atom is 0.187 e. The minimum Gasteiger partial charge on any atom is -0.360 e. The number of rotatable bonds is 5. The molecule has 0 fully saturated rings. The Kier molecular flexibility index (Phi) is 6.12. The summed E-state index contributed by atoms with van der Waals surface area (Å²) in [6.45, 7) is 0. The molecule has 38 heavy (non-hydrogen) atoms. The molecule has 4 aromatic carbocycles. The van der Waals surface area contributed by atoms with Crippen LogP contribution < -0.4 is 10.6 Å². The van der Waals surface area contributed by atoms with Gasteiger partial charge in [0, 0.05) is 46.0 Å². The second kappa shape index (κ2) is 10.0. The normalized spacial score (nSPS) is 16.7. The molecule has 2 aliphatic carbocycles. The molecule has 6 rings (SSSR count). The molecule has 4 heteroatoms. The standard InChI is InChI=1S/C34H24N2O2/c37-31-15-7-3-11-25(31)21-35-29-19-17-23-9-1-5-13-27(23)33(29)34-28-14-6-2-10-24(28)18-20-30(34)36-22-26-12-4-8-16-32(26)38/h1-22,35-36H/b25-21-,26-22-. The van der Waals surface area contributed by atoms with Gasteiger partial charge in [0.2, 0.25) is 0 Å². The zero-order valence-electron chi connectivity index (χ0n) is 20.5. The second-order valence-corrected chi connectivity index (χ2v) is 9.07. The zero-order valence-corrected chi connectivity index (χ0v) is 20.5. The van der Waals surface area contributed by atoms with Crippen molar-refractivity contribution in [2.45, 2.75) is 0 Å². The highest BCUT2D eigenvalue weighted by Gasteiger charge is 2.17. The molecule has 0 unspecified atom stereocenters. The lowest BCUT2D eigenvalue weighted by Crippen LogP contribution is -2.04. The third kappa shape index (κ3) is 4.40. The highest BCUT2D eigenvalue weighted by molar-refractivity contribution is 6.14. The fourth-order valence-corrected chi connectivity index (χ4v) is 4.83. The quantitative estimate of drug-likeness (QED) is 0.281. The Morgan fingerprint density at radius 2 is 0.895 bits per heavy atom. The minimum absolute atomic E-state index is 0.0410. The Morgan fingerprint density at radius 1 is 0.474 bits per heavy atom. The van der Waals surface area contributed by atoms with Gasteiger partial charge in [-0.2, -0.15) is 0 Å². The van der Waals surface area contributed by atoms with Crippen molar-refractivity contribution >= 4 is 44.5 Å². The average Bonchev–Trinajstić information content (AvgIpc) is 2.96. The predicted octanol–water partition coefficient (Wildman–Crippen LogP) is 7.64. The highest BCUT2D eigenvalue weighted by Crippen LogP contribution is 2.43. The van der Waals surface area contributed by atoms with Crippen molar-refractivity contribution in [1.82, 2.24) is 0 Å². The molecule has 4 nitrogen and oxygen atoms in total. The molecule has 4 aromatic rings. The molecule has 2 N–H and O–H groups in total. The summed E-state index contributed by atoms with van der Waals surface area (Å²) in [5.41, 5.74) is 4.93. The van der Waals surface area contributed by atoms with Crippen molar-refractivity contribution in [3.63, 3.8) is 0 Å². The van der Waals surface area contributed by atoms with E-state index in [-0.39, 0.29) is 11.6 Å². The minimum atomic E-state index is -0.0410. The Bertz CT molecular complexity index is 1670. The summed E-state index contributed by atoms with van der Waals surface area (Å²) in [5.74, 6) is -0.0820. The first-order valence-electron chi connectivity index (χ1n) is 12.4. The first-order valence-corrected chi connectivity index (χ1v) is 12.4. The van der Waals surface area contributed by atoms with Crippen LogP contribution in [-0.2, 0) is 9.59 Å². The number of hydrogen-bond donors (Lipinski definition) is 2. The molecular formula is C34H24N2O2. The van der Waals surface area contributed by atoms with Gasteiger partial charge in [-0.05, 0) is 58.0 Å². The van der Waals surface area contributed by atoms with Crippen LogP contribution in [0.4, 0.5) is 11.4 Å². The van der Waals surface area contributed by atoms with Crippen LogP contribution in [0.15, 0.2) is 145 Å². The van der Waals surface area contributed by atoms with E-state index in [4.69, 9.17) is 0 Å². The van der Waals surface area contributed by atoms with Crippen molar-refractivity contribution in [3.8, 4) is 11.1 Å². The summed E-state index contributed by atoms with van der Waals surface area (Å²) in [7, 11) is 0. The van der Waals surface area contributed by atoms with E-state index in [9.17, 15) is 9.59 Å². The van der Waals surface area contributed by atoms with Gasteiger partial charge in [-0.15, -0.1) is 0 Å². The van der Waals surface area contributed by atoms with E-state index in [1.807, 2.05) is 48.6 Å². The molecule has 0 radical (unpaired) electrons. The number of anilines is 2. The van der Waals surface area contributed by atoms with Crippen LogP contribution in [-0.4, -0.2) is 11.6 Å². The first kappa shape index (κ1) is 23.2. The number of ketones is 2. The maximum atomic E-state index is 12.4. The molecule has 0 saturated carbocycles. The van der Waals surface area contributed by atoms with E-state index in [1.54, 1.807) is 48.9 Å². The van der Waals surface area contributed by atoms with Gasteiger partial charge < -0.3 is 10.6 Å². The first-order chi connectivity index (χ1) is 18.7. The Labute approximate surface area is 220 Å². The van der Waals surface area contributed by atoms with Crippen molar-refractivity contribution in [1.29, 1.82) is 0 Å². The van der Waals surface area contributed by atoms with Crippen LogP contribution in [0.25, 0.3) is 32.7 Å². The third-order valence-electron chi connectivity index (χ3n) is 6.71. The topological polar surface area (TPSA) is 58.2 Å². The third-order valence-corrected chi connectivity index (χ3v) is 6.71. The summed E-state index contributed by atoms with van der Waals surface area (Å²) < 4.78 is 0. The Balaban J connectivity index is 1.57. The van der Waals surface area contributed by atoms with Crippen LogP contribution in [0, 0.1) is 0 Å². The van der Waals surface area contributed by atoms with Gasteiger partial charge in [0.25, 0.3) is 0 Å². The maximum absolute atomic E-state index is 12.4. The van der Waals surface area contributed by atoms with E-state index in [2.05, 4.69) is 47.0 Å². The molecule has 0 amide bonds. The number of benzene rings is 4. The predicted molar refractivity (Wildman–Crippen MR) is 157 cm³/mol. The van der Waals surface area contributed by atoms with E-state index >= 15 is 0 Å². The number of carbonyl (C=O) groups excluding carboxylic acids is 2. The molecule has 0 aromatic heterocycles. The molecule has 0 saturated heterocycles. The van der Waals surface area contributed by atoms with Gasteiger partial charge in [0.15, 0.2) is 11.6 Å². The molecule has 0 aliphatic heterocycles. The smallest absolute Gasteiger partial charge is 0.187 e. The van der Waals surface area contributed by atoms with Crippen molar-refractivity contribution in [2.75, 3.05) is 10.6 Å². The van der Waals surface area contributed by atoms with Crippen LogP contribution in [0.3, 0.4) is 0 Å². The number of nitrogens with one attached hydrogen (secondary N) is 2. The van der Waals surface area contributed by atoms with Gasteiger partial charge in [-0.1, -0.05) is 85.0 Å². The summed E-state index contributed by atoms with van der Waals surface area (Å²) >= 11 is 0. The van der Waals surface area contributed by atoms with E-state index in [0.717, 1.165) is 44.0 Å². The molecule has 2 aliphatic rings. The summed E-state index contributed by atoms with van der Waals surface area (Å²) in [5, 5.41) is 11.2. The van der Waals surface area contributed by atoms with E-state index in [1.165, 1.54) is 0 Å². The van der Waals surface area contributed by atoms with Crippen LogP contribution >= 0.6 is 0 Å². The van der Waals surface area contributed by atoms with Gasteiger partial charge in [-0.3, -0.25) is 9.59 Å². The van der Waals surface area contributed by atoms with Crippen LogP contribution in [0.1, 0.15) is 0 Å². The van der Waals surface area contributed by atoms with Gasteiger partial charge in [-0.25, -0.2) is 0 Å². The van der Waals surface area contributed by atoms with E-state index < -0.39 is 0 Å². The molecule has 0 heterocycles. The highest BCUT2D eigenvalue weighted by atomic mass is 16.1. The Hall–Kier alpha value is -5.22. The second-order valence-electron chi connectivity index (χ2n) is 9.07. The average molecular weight is 493 g/mol. The number of hydrogen-bond acceptors (Lipinski definition) is 4. The van der Waals surface area contributed by atoms with Crippen LogP contribution in [0.2, 0.25) is 0 Å². The largest absolute Gasteiger partial charge is 0.360 e. The number of fused-ring (bicyclic) bond motifs is 2. The monoisotopic (exact) mass is 492 g/mol. The van der Waals surface area contributed by atoms with Crippen molar-refractivity contribution < 1.29 is 9.59 Å². The van der Waals surface area contributed by atoms with Crippen LogP contribution in [0.5, 0.6) is 0 Å². The lowest BCUT2D eigenvalue weighted by molar-refractivity contribution is -0.111. The fraction of sp³-hybridized carbons (Fsp3) is 0. The summed E-state index contributed by atoms with van der Waals surface area (Å²) in [6, 6.07) is 24.8. The van der Waals surface area contributed by atoms with Gasteiger partial charge in [0.1, 0.15) is 0 Å². The molecule has 182 valence electrons. The molecular weight excluding hydrogens is 468 g/mol. The number of allylic oxidation sites excluding steroid dienone is 10. The van der Waals surface area contributed by atoms with E-state index in [0.29, 0.717) is 11.1 Å².